The highest BCUT2D eigenvalue weighted by molar-refractivity contribution is 7.20. The highest BCUT2D eigenvalue weighted by atomic mass is 35.5. The smallest absolute Gasteiger partial charge is 0.123 e. The van der Waals surface area contributed by atoms with Gasteiger partial charge in [0.1, 0.15) is 10.2 Å². The van der Waals surface area contributed by atoms with Gasteiger partial charge >= 0.3 is 0 Å². The quantitative estimate of drug-likeness (QED) is 0.729. The van der Waals surface area contributed by atoms with E-state index >= 15 is 0 Å². The van der Waals surface area contributed by atoms with Gasteiger partial charge in [0.15, 0.2) is 0 Å². The standard InChI is InChI=1S/C16H16ClFN4S/c1-22-14(6-7-20-22)12-8-15(23-16(12)17)21-13(9-19)10-2-4-11(18)5-3-10/h2-8,13,21H,9,19H2,1H3. The lowest BCUT2D eigenvalue weighted by molar-refractivity contribution is 0.626. The molecule has 0 bridgehead atoms. The normalized spacial score (nSPS) is 12.3. The van der Waals surface area contributed by atoms with Crippen LogP contribution in [0.1, 0.15) is 11.6 Å². The summed E-state index contributed by atoms with van der Waals surface area (Å²) in [5, 5.41) is 8.44. The Bertz CT molecular complexity index is 797. The number of anilines is 1. The van der Waals surface area contributed by atoms with Crippen LogP contribution in [-0.4, -0.2) is 16.3 Å². The van der Waals surface area contributed by atoms with Gasteiger partial charge in [0.25, 0.3) is 0 Å². The average molecular weight is 351 g/mol. The van der Waals surface area contributed by atoms with Crippen molar-refractivity contribution in [3.63, 3.8) is 0 Å². The molecule has 0 spiro atoms. The van der Waals surface area contributed by atoms with E-state index in [1.807, 2.05) is 19.2 Å². The van der Waals surface area contributed by atoms with Crippen molar-refractivity contribution in [2.24, 2.45) is 12.8 Å². The van der Waals surface area contributed by atoms with Crippen LogP contribution in [0.3, 0.4) is 0 Å². The first kappa shape index (κ1) is 16.0. The van der Waals surface area contributed by atoms with Crippen molar-refractivity contribution < 1.29 is 4.39 Å². The van der Waals surface area contributed by atoms with Crippen LogP contribution >= 0.6 is 22.9 Å². The van der Waals surface area contributed by atoms with Crippen LogP contribution in [0.25, 0.3) is 11.3 Å². The summed E-state index contributed by atoms with van der Waals surface area (Å²) >= 11 is 7.80. The maximum atomic E-state index is 13.1. The second-order valence-electron chi connectivity index (χ2n) is 5.12. The summed E-state index contributed by atoms with van der Waals surface area (Å²) in [5.74, 6) is -0.262. The van der Waals surface area contributed by atoms with Gasteiger partial charge in [-0.1, -0.05) is 23.7 Å². The van der Waals surface area contributed by atoms with Crippen LogP contribution in [0.4, 0.5) is 9.39 Å². The molecule has 0 radical (unpaired) electrons. The fraction of sp³-hybridized carbons (Fsp3) is 0.188. The maximum Gasteiger partial charge on any atom is 0.123 e. The van der Waals surface area contributed by atoms with Gasteiger partial charge < -0.3 is 11.1 Å². The number of nitrogens with one attached hydrogen (secondary N) is 1. The van der Waals surface area contributed by atoms with Crippen molar-refractivity contribution in [3.05, 3.63) is 58.3 Å². The lowest BCUT2D eigenvalue weighted by Gasteiger charge is -2.17. The van der Waals surface area contributed by atoms with Crippen molar-refractivity contribution in [3.8, 4) is 11.3 Å². The molecule has 120 valence electrons. The molecule has 0 fully saturated rings. The molecule has 0 saturated carbocycles. The lowest BCUT2D eigenvalue weighted by Crippen LogP contribution is -2.20. The zero-order valence-electron chi connectivity index (χ0n) is 12.5. The summed E-state index contributed by atoms with van der Waals surface area (Å²) in [5.41, 5.74) is 8.66. The Morgan fingerprint density at radius 1 is 1.35 bits per heavy atom. The Labute approximate surface area is 142 Å². The number of halogens is 2. The van der Waals surface area contributed by atoms with Crippen LogP contribution in [0.15, 0.2) is 42.6 Å². The summed E-state index contributed by atoms with van der Waals surface area (Å²) in [7, 11) is 1.87. The largest absolute Gasteiger partial charge is 0.369 e. The molecule has 3 aromatic rings. The summed E-state index contributed by atoms with van der Waals surface area (Å²) in [4.78, 5) is 0. The lowest BCUT2D eigenvalue weighted by atomic mass is 10.1. The molecule has 3 rings (SSSR count). The fourth-order valence-electron chi connectivity index (χ4n) is 2.40. The molecule has 0 aliphatic rings. The van der Waals surface area contributed by atoms with E-state index in [9.17, 15) is 4.39 Å². The third-order valence-electron chi connectivity index (χ3n) is 3.61. The number of hydrogen-bond acceptors (Lipinski definition) is 4. The van der Waals surface area contributed by atoms with Gasteiger partial charge in [-0.3, -0.25) is 4.68 Å². The first-order chi connectivity index (χ1) is 11.1. The third-order valence-corrected chi connectivity index (χ3v) is 4.90. The van der Waals surface area contributed by atoms with Crippen LogP contribution in [0, 0.1) is 5.82 Å². The van der Waals surface area contributed by atoms with E-state index < -0.39 is 0 Å². The van der Waals surface area contributed by atoms with Crippen LogP contribution < -0.4 is 11.1 Å². The number of hydrogen-bond donors (Lipinski definition) is 2. The van der Waals surface area contributed by atoms with Crippen molar-refractivity contribution in [1.29, 1.82) is 0 Å². The number of rotatable bonds is 5. The summed E-state index contributed by atoms with van der Waals surface area (Å²) in [6.07, 6.45) is 1.73. The fourth-order valence-corrected chi connectivity index (χ4v) is 3.64. The van der Waals surface area contributed by atoms with Gasteiger partial charge in [0.2, 0.25) is 0 Å². The molecule has 0 amide bonds. The Morgan fingerprint density at radius 2 is 2.09 bits per heavy atom. The minimum absolute atomic E-state index is 0.107. The molecule has 2 heterocycles. The Balaban J connectivity index is 1.85. The number of benzene rings is 1. The van der Waals surface area contributed by atoms with E-state index in [4.69, 9.17) is 17.3 Å². The van der Waals surface area contributed by atoms with Crippen LogP contribution in [0.2, 0.25) is 4.34 Å². The average Bonchev–Trinajstić information content (AvgIpc) is 3.11. The van der Waals surface area contributed by atoms with Gasteiger partial charge in [-0.05, 0) is 29.8 Å². The number of nitrogens with two attached hydrogens (primary N) is 1. The van der Waals surface area contributed by atoms with E-state index in [0.29, 0.717) is 10.9 Å². The highest BCUT2D eigenvalue weighted by Crippen LogP contribution is 2.39. The molecular weight excluding hydrogens is 335 g/mol. The van der Waals surface area contributed by atoms with Gasteiger partial charge in [-0.15, -0.1) is 11.3 Å². The summed E-state index contributed by atoms with van der Waals surface area (Å²) in [6, 6.07) is 10.1. The summed E-state index contributed by atoms with van der Waals surface area (Å²) in [6.45, 7) is 0.391. The van der Waals surface area contributed by atoms with Crippen LogP contribution in [0.5, 0.6) is 0 Å². The molecule has 23 heavy (non-hydrogen) atoms. The molecule has 1 aromatic carbocycles. The first-order valence-electron chi connectivity index (χ1n) is 7.08. The number of nitrogens with zero attached hydrogens (tertiary/aromatic N) is 2. The molecule has 2 aromatic heterocycles. The van der Waals surface area contributed by atoms with Crippen molar-refractivity contribution in [1.82, 2.24) is 9.78 Å². The zero-order chi connectivity index (χ0) is 16.4. The monoisotopic (exact) mass is 350 g/mol. The Morgan fingerprint density at radius 3 is 2.70 bits per heavy atom. The predicted molar refractivity (Wildman–Crippen MR) is 93.3 cm³/mol. The van der Waals surface area contributed by atoms with E-state index in [0.717, 1.165) is 21.8 Å². The van der Waals surface area contributed by atoms with Crippen molar-refractivity contribution in [2.45, 2.75) is 6.04 Å². The number of thiophene rings is 1. The van der Waals surface area contributed by atoms with Gasteiger partial charge in [-0.25, -0.2) is 4.39 Å². The second-order valence-corrected chi connectivity index (χ2v) is 6.78. The Hall–Kier alpha value is -1.89. The molecule has 3 N–H and O–H groups in total. The predicted octanol–water partition coefficient (Wildman–Crippen LogP) is 4.05. The number of aromatic nitrogens is 2. The summed E-state index contributed by atoms with van der Waals surface area (Å²) < 4.78 is 15.5. The molecule has 7 heteroatoms. The molecular formula is C16H16ClFN4S. The van der Waals surface area contributed by atoms with E-state index in [1.165, 1.54) is 23.5 Å². The molecule has 0 aliphatic carbocycles. The molecule has 1 atom stereocenters. The molecule has 1 unspecified atom stereocenters. The van der Waals surface area contributed by atoms with Crippen molar-refractivity contribution >= 4 is 27.9 Å². The van der Waals surface area contributed by atoms with Gasteiger partial charge in [0.05, 0.1) is 16.7 Å². The minimum atomic E-state index is -0.262. The van der Waals surface area contributed by atoms with Gasteiger partial charge in [-0.2, -0.15) is 5.10 Å². The topological polar surface area (TPSA) is 55.9 Å². The maximum absolute atomic E-state index is 13.1. The van der Waals surface area contributed by atoms with Gasteiger partial charge in [0, 0.05) is 25.4 Å². The first-order valence-corrected chi connectivity index (χ1v) is 8.27. The second kappa shape index (κ2) is 6.70. The molecule has 0 aliphatic heterocycles. The minimum Gasteiger partial charge on any atom is -0.369 e. The third kappa shape index (κ3) is 3.39. The van der Waals surface area contributed by atoms with E-state index in [1.54, 1.807) is 23.0 Å². The van der Waals surface area contributed by atoms with Crippen LogP contribution in [-0.2, 0) is 7.05 Å². The van der Waals surface area contributed by atoms with E-state index in [-0.39, 0.29) is 11.9 Å². The van der Waals surface area contributed by atoms with Crippen molar-refractivity contribution in [2.75, 3.05) is 11.9 Å². The van der Waals surface area contributed by atoms with E-state index in [2.05, 4.69) is 10.4 Å². The zero-order valence-corrected chi connectivity index (χ0v) is 14.0. The molecule has 0 saturated heterocycles. The Kier molecular flexibility index (Phi) is 4.66. The highest BCUT2D eigenvalue weighted by Gasteiger charge is 2.15. The molecule has 4 nitrogen and oxygen atoms in total. The number of aryl methyl sites for hydroxylation is 1. The SMILES string of the molecule is Cn1nccc1-c1cc(NC(CN)c2ccc(F)cc2)sc1Cl.